The number of epoxide rings is 1. The number of ether oxygens (including phenoxy) is 1. The van der Waals surface area contributed by atoms with Crippen LogP contribution in [-0.4, -0.2) is 12.2 Å². The Morgan fingerprint density at radius 3 is 2.14 bits per heavy atom. The van der Waals surface area contributed by atoms with Crippen LogP contribution < -0.4 is 0 Å². The summed E-state index contributed by atoms with van der Waals surface area (Å²) >= 11 is 0. The Morgan fingerprint density at radius 2 is 1.79 bits per heavy atom. The van der Waals surface area contributed by atoms with Crippen molar-refractivity contribution in [3.63, 3.8) is 0 Å². The van der Waals surface area contributed by atoms with Gasteiger partial charge in [0, 0.05) is 0 Å². The summed E-state index contributed by atoms with van der Waals surface area (Å²) in [6.45, 7) is 13.8. The molecule has 0 aromatic carbocycles. The lowest BCUT2D eigenvalue weighted by Gasteiger charge is -2.18. The van der Waals surface area contributed by atoms with Crippen molar-refractivity contribution in [3.05, 3.63) is 0 Å². The maximum Gasteiger partial charge on any atom is 0.0892 e. The zero-order chi connectivity index (χ0) is 10.9. The van der Waals surface area contributed by atoms with E-state index in [9.17, 15) is 0 Å². The average molecular weight is 198 g/mol. The summed E-state index contributed by atoms with van der Waals surface area (Å²) in [5.74, 6) is 1.57. The van der Waals surface area contributed by atoms with Crippen molar-refractivity contribution in [2.24, 2.45) is 17.3 Å². The molecule has 0 aromatic rings. The summed E-state index contributed by atoms with van der Waals surface area (Å²) in [6.07, 6.45) is 3.64. The van der Waals surface area contributed by atoms with E-state index in [2.05, 4.69) is 41.5 Å². The highest BCUT2D eigenvalue weighted by atomic mass is 16.6. The van der Waals surface area contributed by atoms with E-state index in [1.165, 1.54) is 12.8 Å². The summed E-state index contributed by atoms with van der Waals surface area (Å²) in [7, 11) is 0. The first kappa shape index (κ1) is 12.0. The third kappa shape index (κ3) is 2.98. The molecule has 0 amide bonds. The van der Waals surface area contributed by atoms with E-state index in [4.69, 9.17) is 4.74 Å². The molecule has 1 aliphatic heterocycles. The molecule has 0 bridgehead atoms. The third-order valence-electron chi connectivity index (χ3n) is 3.41. The van der Waals surface area contributed by atoms with Crippen LogP contribution in [0.4, 0.5) is 0 Å². The molecule has 4 atom stereocenters. The molecule has 0 saturated carbocycles. The minimum absolute atomic E-state index is 0.328. The van der Waals surface area contributed by atoms with Crippen molar-refractivity contribution in [2.75, 3.05) is 0 Å². The molecule has 1 aliphatic rings. The molecule has 0 N–H and O–H groups in total. The molecule has 0 aliphatic carbocycles. The largest absolute Gasteiger partial charge is 0.369 e. The maximum atomic E-state index is 5.79. The summed E-state index contributed by atoms with van der Waals surface area (Å²) in [6, 6.07) is 0. The van der Waals surface area contributed by atoms with E-state index in [1.807, 2.05) is 0 Å². The zero-order valence-electron chi connectivity index (χ0n) is 10.6. The highest BCUT2D eigenvalue weighted by molar-refractivity contribution is 4.96. The Bertz CT molecular complexity index is 180. The average Bonchev–Trinajstić information content (AvgIpc) is 2.81. The molecule has 0 aromatic heterocycles. The monoisotopic (exact) mass is 198 g/mol. The van der Waals surface area contributed by atoms with Crippen molar-refractivity contribution >= 4 is 0 Å². The molecule has 84 valence electrons. The fourth-order valence-electron chi connectivity index (χ4n) is 2.19. The number of hydrogen-bond donors (Lipinski definition) is 0. The number of rotatable bonds is 4. The standard InChI is InChI=1S/C13H26O/c1-7-9(2)8-10(3)11-12(14-11)13(4,5)6/h9-12H,7-8H2,1-6H3. The summed E-state index contributed by atoms with van der Waals surface area (Å²) in [5, 5.41) is 0. The van der Waals surface area contributed by atoms with Gasteiger partial charge in [0.15, 0.2) is 0 Å². The van der Waals surface area contributed by atoms with Gasteiger partial charge in [0.2, 0.25) is 0 Å². The van der Waals surface area contributed by atoms with Gasteiger partial charge in [0.25, 0.3) is 0 Å². The second kappa shape index (κ2) is 4.22. The van der Waals surface area contributed by atoms with Gasteiger partial charge in [-0.1, -0.05) is 48.0 Å². The molecule has 1 saturated heterocycles. The van der Waals surface area contributed by atoms with Crippen molar-refractivity contribution in [3.8, 4) is 0 Å². The number of hydrogen-bond acceptors (Lipinski definition) is 1. The molecular formula is C13H26O. The van der Waals surface area contributed by atoms with Crippen LogP contribution in [0, 0.1) is 17.3 Å². The van der Waals surface area contributed by atoms with Crippen LogP contribution in [0.25, 0.3) is 0 Å². The molecule has 1 heterocycles. The van der Waals surface area contributed by atoms with Gasteiger partial charge < -0.3 is 4.74 Å². The first-order valence-electron chi connectivity index (χ1n) is 6.01. The predicted octanol–water partition coefficient (Wildman–Crippen LogP) is 3.87. The van der Waals surface area contributed by atoms with Gasteiger partial charge in [0.1, 0.15) is 0 Å². The molecule has 0 spiro atoms. The third-order valence-corrected chi connectivity index (χ3v) is 3.41. The highest BCUT2D eigenvalue weighted by Gasteiger charge is 2.49. The van der Waals surface area contributed by atoms with Gasteiger partial charge >= 0.3 is 0 Å². The lowest BCUT2D eigenvalue weighted by molar-refractivity contribution is 0.249. The Morgan fingerprint density at radius 1 is 1.21 bits per heavy atom. The molecule has 1 fully saturated rings. The smallest absolute Gasteiger partial charge is 0.0892 e. The molecule has 1 rings (SSSR count). The molecular weight excluding hydrogens is 172 g/mol. The minimum atomic E-state index is 0.328. The Labute approximate surface area is 89.2 Å². The van der Waals surface area contributed by atoms with Crippen LogP contribution in [0.15, 0.2) is 0 Å². The second-order valence-corrected chi connectivity index (χ2v) is 6.11. The first-order chi connectivity index (χ1) is 6.36. The van der Waals surface area contributed by atoms with Gasteiger partial charge in [-0.3, -0.25) is 0 Å². The summed E-state index contributed by atoms with van der Waals surface area (Å²) in [5.41, 5.74) is 0.328. The molecule has 1 nitrogen and oxygen atoms in total. The van der Waals surface area contributed by atoms with Crippen molar-refractivity contribution in [2.45, 2.75) is 66.6 Å². The zero-order valence-corrected chi connectivity index (χ0v) is 10.6. The Balaban J connectivity index is 2.32. The topological polar surface area (TPSA) is 12.5 Å². The normalized spacial score (nSPS) is 31.3. The molecule has 14 heavy (non-hydrogen) atoms. The maximum absolute atomic E-state index is 5.79. The van der Waals surface area contributed by atoms with Gasteiger partial charge in [0.05, 0.1) is 12.2 Å². The van der Waals surface area contributed by atoms with E-state index >= 15 is 0 Å². The van der Waals surface area contributed by atoms with E-state index in [-0.39, 0.29) is 0 Å². The first-order valence-corrected chi connectivity index (χ1v) is 6.01. The van der Waals surface area contributed by atoms with Gasteiger partial charge in [-0.2, -0.15) is 0 Å². The van der Waals surface area contributed by atoms with Gasteiger partial charge in [-0.05, 0) is 23.7 Å². The van der Waals surface area contributed by atoms with E-state index in [0.29, 0.717) is 17.6 Å². The van der Waals surface area contributed by atoms with Crippen LogP contribution >= 0.6 is 0 Å². The van der Waals surface area contributed by atoms with E-state index in [1.54, 1.807) is 0 Å². The lowest BCUT2D eigenvalue weighted by atomic mass is 9.84. The van der Waals surface area contributed by atoms with Gasteiger partial charge in [-0.15, -0.1) is 0 Å². The molecule has 4 unspecified atom stereocenters. The van der Waals surface area contributed by atoms with Crippen molar-refractivity contribution in [1.29, 1.82) is 0 Å². The minimum Gasteiger partial charge on any atom is -0.369 e. The summed E-state index contributed by atoms with van der Waals surface area (Å²) in [4.78, 5) is 0. The fraction of sp³-hybridized carbons (Fsp3) is 1.00. The van der Waals surface area contributed by atoms with Crippen LogP contribution in [0.5, 0.6) is 0 Å². The Kier molecular flexibility index (Phi) is 3.63. The van der Waals surface area contributed by atoms with Crippen LogP contribution in [0.3, 0.4) is 0 Å². The van der Waals surface area contributed by atoms with E-state index < -0.39 is 0 Å². The summed E-state index contributed by atoms with van der Waals surface area (Å²) < 4.78 is 5.79. The van der Waals surface area contributed by atoms with Crippen LogP contribution in [-0.2, 0) is 4.74 Å². The SMILES string of the molecule is CCC(C)CC(C)C1OC1C(C)(C)C. The molecule has 0 radical (unpaired) electrons. The quantitative estimate of drug-likeness (QED) is 0.625. The van der Waals surface area contributed by atoms with E-state index in [0.717, 1.165) is 11.8 Å². The van der Waals surface area contributed by atoms with Crippen LogP contribution in [0.2, 0.25) is 0 Å². The fourth-order valence-corrected chi connectivity index (χ4v) is 2.19. The molecule has 1 heteroatoms. The van der Waals surface area contributed by atoms with Crippen molar-refractivity contribution < 1.29 is 4.74 Å². The highest BCUT2D eigenvalue weighted by Crippen LogP contribution is 2.43. The second-order valence-electron chi connectivity index (χ2n) is 6.11. The van der Waals surface area contributed by atoms with Crippen molar-refractivity contribution in [1.82, 2.24) is 0 Å². The lowest BCUT2D eigenvalue weighted by Crippen LogP contribution is -2.20. The van der Waals surface area contributed by atoms with Gasteiger partial charge in [-0.25, -0.2) is 0 Å². The van der Waals surface area contributed by atoms with Crippen LogP contribution in [0.1, 0.15) is 54.4 Å². The predicted molar refractivity (Wildman–Crippen MR) is 61.4 cm³/mol. The Hall–Kier alpha value is -0.0400.